The van der Waals surface area contributed by atoms with Crippen molar-refractivity contribution >= 4 is 5.91 Å². The lowest BCUT2D eigenvalue weighted by atomic mass is 9.73. The van der Waals surface area contributed by atoms with Gasteiger partial charge in [-0.05, 0) is 48.7 Å². The van der Waals surface area contributed by atoms with Gasteiger partial charge in [0.1, 0.15) is 5.82 Å². The summed E-state index contributed by atoms with van der Waals surface area (Å²) >= 11 is 0. The molecule has 0 radical (unpaired) electrons. The molecule has 1 saturated heterocycles. The van der Waals surface area contributed by atoms with Gasteiger partial charge < -0.3 is 15.1 Å². The third-order valence-electron chi connectivity index (χ3n) is 5.20. The Hall–Kier alpha value is -2.75. The molecule has 3 rings (SSSR count). The van der Waals surface area contributed by atoms with Crippen molar-refractivity contribution in [2.75, 3.05) is 19.7 Å². The SMILES string of the molecule is N#Cc1cccc(C(=O)N2CC[C@H](O)[C@@](CO)(Cc3ccc(F)cc3)C2)c1. The first-order valence-electron chi connectivity index (χ1n) is 8.80. The number of carbonyl (C=O) groups excluding carboxylic acids is 1. The molecule has 0 aromatic heterocycles. The second kappa shape index (κ2) is 7.87. The Morgan fingerprint density at radius 1 is 1.30 bits per heavy atom. The molecule has 2 aromatic carbocycles. The van der Waals surface area contributed by atoms with Crippen molar-refractivity contribution < 1.29 is 19.4 Å². The predicted molar refractivity (Wildman–Crippen MR) is 97.3 cm³/mol. The van der Waals surface area contributed by atoms with Crippen LogP contribution in [-0.2, 0) is 6.42 Å². The zero-order valence-electron chi connectivity index (χ0n) is 14.8. The lowest BCUT2D eigenvalue weighted by molar-refractivity contribution is -0.0668. The largest absolute Gasteiger partial charge is 0.396 e. The van der Waals surface area contributed by atoms with Gasteiger partial charge in [-0.2, -0.15) is 5.26 Å². The number of likely N-dealkylation sites (tertiary alicyclic amines) is 1. The Kier molecular flexibility index (Phi) is 5.54. The summed E-state index contributed by atoms with van der Waals surface area (Å²) in [6, 6.07) is 14.4. The van der Waals surface area contributed by atoms with E-state index in [1.54, 1.807) is 35.2 Å². The van der Waals surface area contributed by atoms with Gasteiger partial charge in [0.2, 0.25) is 0 Å². The summed E-state index contributed by atoms with van der Waals surface area (Å²) in [5, 5.41) is 29.7. The van der Waals surface area contributed by atoms with Crippen LogP contribution in [0, 0.1) is 22.6 Å². The quantitative estimate of drug-likeness (QED) is 0.866. The minimum Gasteiger partial charge on any atom is -0.396 e. The van der Waals surface area contributed by atoms with Crippen LogP contribution in [0.5, 0.6) is 0 Å². The highest BCUT2D eigenvalue weighted by molar-refractivity contribution is 5.94. The molecular weight excluding hydrogens is 347 g/mol. The molecule has 0 saturated carbocycles. The van der Waals surface area contributed by atoms with Crippen LogP contribution >= 0.6 is 0 Å². The summed E-state index contributed by atoms with van der Waals surface area (Å²) < 4.78 is 13.2. The van der Waals surface area contributed by atoms with E-state index >= 15 is 0 Å². The molecule has 2 aromatic rings. The van der Waals surface area contributed by atoms with Gasteiger partial charge in [-0.1, -0.05) is 18.2 Å². The first-order chi connectivity index (χ1) is 13.0. The van der Waals surface area contributed by atoms with Gasteiger partial charge in [0.25, 0.3) is 5.91 Å². The van der Waals surface area contributed by atoms with E-state index < -0.39 is 11.5 Å². The molecule has 1 aliphatic rings. The summed E-state index contributed by atoms with van der Waals surface area (Å²) in [6.07, 6.45) is -0.111. The maximum absolute atomic E-state index is 13.2. The van der Waals surface area contributed by atoms with Crippen LogP contribution in [0.25, 0.3) is 0 Å². The van der Waals surface area contributed by atoms with E-state index in [9.17, 15) is 19.4 Å². The molecular formula is C21H21FN2O3. The first-order valence-corrected chi connectivity index (χ1v) is 8.80. The van der Waals surface area contributed by atoms with Crippen LogP contribution in [0.1, 0.15) is 27.9 Å². The van der Waals surface area contributed by atoms with E-state index in [0.29, 0.717) is 30.5 Å². The first kappa shape index (κ1) is 19.0. The van der Waals surface area contributed by atoms with Crippen LogP contribution < -0.4 is 0 Å². The van der Waals surface area contributed by atoms with Crippen molar-refractivity contribution in [2.45, 2.75) is 18.9 Å². The highest BCUT2D eigenvalue weighted by Crippen LogP contribution is 2.34. The summed E-state index contributed by atoms with van der Waals surface area (Å²) in [4.78, 5) is 14.5. The number of nitriles is 1. The van der Waals surface area contributed by atoms with Crippen LogP contribution in [0.3, 0.4) is 0 Å². The number of aliphatic hydroxyl groups is 2. The van der Waals surface area contributed by atoms with Crippen molar-refractivity contribution in [3.8, 4) is 6.07 Å². The highest BCUT2D eigenvalue weighted by atomic mass is 19.1. The second-order valence-corrected chi connectivity index (χ2v) is 7.05. The van der Waals surface area contributed by atoms with Gasteiger partial charge in [-0.3, -0.25) is 4.79 Å². The maximum atomic E-state index is 13.2. The monoisotopic (exact) mass is 368 g/mol. The number of halogens is 1. The summed E-state index contributed by atoms with van der Waals surface area (Å²) in [5.41, 5.74) is 0.667. The average molecular weight is 368 g/mol. The van der Waals surface area contributed by atoms with Crippen LogP contribution in [-0.4, -0.2) is 46.8 Å². The lowest BCUT2D eigenvalue weighted by Crippen LogP contribution is -2.56. The van der Waals surface area contributed by atoms with Crippen molar-refractivity contribution in [3.05, 3.63) is 71.0 Å². The molecule has 2 N–H and O–H groups in total. The van der Waals surface area contributed by atoms with E-state index in [2.05, 4.69) is 0 Å². The van der Waals surface area contributed by atoms with Crippen molar-refractivity contribution in [1.82, 2.24) is 4.90 Å². The molecule has 1 amide bonds. The summed E-state index contributed by atoms with van der Waals surface area (Å²) in [5.74, 6) is -0.592. The zero-order chi connectivity index (χ0) is 19.4. The Morgan fingerprint density at radius 2 is 2.04 bits per heavy atom. The number of benzene rings is 2. The Balaban J connectivity index is 1.84. The molecule has 1 aliphatic heterocycles. The molecule has 0 spiro atoms. The predicted octanol–water partition coefficient (Wildman–Crippen LogP) is 2.13. The molecule has 2 atom stereocenters. The molecule has 0 unspecified atom stereocenters. The fourth-order valence-corrected chi connectivity index (χ4v) is 3.62. The summed E-state index contributed by atoms with van der Waals surface area (Å²) in [6.45, 7) is 0.243. The van der Waals surface area contributed by atoms with Crippen LogP contribution in [0.4, 0.5) is 4.39 Å². The van der Waals surface area contributed by atoms with Gasteiger partial charge in [0, 0.05) is 24.1 Å². The number of rotatable bonds is 4. The fourth-order valence-electron chi connectivity index (χ4n) is 3.62. The molecule has 27 heavy (non-hydrogen) atoms. The highest BCUT2D eigenvalue weighted by Gasteiger charge is 2.43. The van der Waals surface area contributed by atoms with Crippen molar-refractivity contribution in [3.63, 3.8) is 0 Å². The minimum absolute atomic E-state index is 0.178. The third kappa shape index (κ3) is 4.00. The van der Waals surface area contributed by atoms with E-state index in [-0.39, 0.29) is 24.9 Å². The van der Waals surface area contributed by atoms with Gasteiger partial charge in [-0.15, -0.1) is 0 Å². The van der Waals surface area contributed by atoms with Gasteiger partial charge >= 0.3 is 0 Å². The van der Waals surface area contributed by atoms with Crippen molar-refractivity contribution in [1.29, 1.82) is 5.26 Å². The Bertz CT molecular complexity index is 862. The van der Waals surface area contributed by atoms with Crippen LogP contribution in [0.15, 0.2) is 48.5 Å². The standard InChI is InChI=1S/C21H21FN2O3/c22-18-6-4-15(5-7-18)11-21(14-25)13-24(9-8-19(21)26)20(27)17-3-1-2-16(10-17)12-23/h1-7,10,19,25-26H,8-9,11,13-14H2/t19-,21-/m0/s1. The molecule has 5 nitrogen and oxygen atoms in total. The number of hydrogen-bond donors (Lipinski definition) is 2. The normalized spacial score (nSPS) is 22.3. The average Bonchev–Trinajstić information content (AvgIpc) is 2.71. The molecule has 1 fully saturated rings. The number of hydrogen-bond acceptors (Lipinski definition) is 4. The number of nitrogens with zero attached hydrogens (tertiary/aromatic N) is 2. The molecule has 0 aliphatic carbocycles. The second-order valence-electron chi connectivity index (χ2n) is 7.05. The molecule has 1 heterocycles. The number of carbonyl (C=O) groups is 1. The van der Waals surface area contributed by atoms with E-state index in [1.165, 1.54) is 18.2 Å². The van der Waals surface area contributed by atoms with E-state index in [1.807, 2.05) is 6.07 Å². The fraction of sp³-hybridized carbons (Fsp3) is 0.333. The Labute approximate surface area is 157 Å². The van der Waals surface area contributed by atoms with Crippen molar-refractivity contribution in [2.24, 2.45) is 5.41 Å². The van der Waals surface area contributed by atoms with E-state index in [0.717, 1.165) is 5.56 Å². The number of piperidine rings is 1. The van der Waals surface area contributed by atoms with Gasteiger partial charge in [0.15, 0.2) is 0 Å². The lowest BCUT2D eigenvalue weighted by Gasteiger charge is -2.45. The smallest absolute Gasteiger partial charge is 0.253 e. The zero-order valence-corrected chi connectivity index (χ0v) is 14.8. The topological polar surface area (TPSA) is 84.6 Å². The molecule has 140 valence electrons. The molecule has 0 bridgehead atoms. The van der Waals surface area contributed by atoms with Gasteiger partial charge in [0.05, 0.1) is 24.3 Å². The minimum atomic E-state index is -0.918. The summed E-state index contributed by atoms with van der Waals surface area (Å²) in [7, 11) is 0. The van der Waals surface area contributed by atoms with Crippen LogP contribution in [0.2, 0.25) is 0 Å². The Morgan fingerprint density at radius 3 is 2.70 bits per heavy atom. The number of amides is 1. The third-order valence-corrected chi connectivity index (χ3v) is 5.20. The molecule has 6 heteroatoms. The maximum Gasteiger partial charge on any atom is 0.253 e. The van der Waals surface area contributed by atoms with Gasteiger partial charge in [-0.25, -0.2) is 4.39 Å². The number of aliphatic hydroxyl groups excluding tert-OH is 2. The van der Waals surface area contributed by atoms with E-state index in [4.69, 9.17) is 5.26 Å².